The van der Waals surface area contributed by atoms with Crippen molar-refractivity contribution < 1.29 is 14.3 Å². The van der Waals surface area contributed by atoms with Crippen LogP contribution in [0, 0.1) is 5.92 Å². The smallest absolute Gasteiger partial charge is 0.310 e. The first kappa shape index (κ1) is 9.65. The van der Waals surface area contributed by atoms with Crippen molar-refractivity contribution in [1.82, 2.24) is 0 Å². The van der Waals surface area contributed by atoms with E-state index in [1.165, 1.54) is 0 Å². The third-order valence-corrected chi connectivity index (χ3v) is 3.20. The summed E-state index contributed by atoms with van der Waals surface area (Å²) in [6, 6.07) is 6.81. The summed E-state index contributed by atoms with van der Waals surface area (Å²) in [5, 5.41) is 8.69. The van der Waals surface area contributed by atoms with E-state index in [0.717, 1.165) is 0 Å². The fourth-order valence-corrected chi connectivity index (χ4v) is 2.23. The van der Waals surface area contributed by atoms with E-state index in [9.17, 15) is 9.18 Å². The van der Waals surface area contributed by atoms with Gasteiger partial charge < -0.3 is 5.11 Å². The van der Waals surface area contributed by atoms with Crippen molar-refractivity contribution >= 4 is 21.9 Å². The number of benzene rings is 1. The van der Waals surface area contributed by atoms with Crippen LogP contribution in [0.3, 0.4) is 0 Å². The van der Waals surface area contributed by atoms with Gasteiger partial charge in [-0.1, -0.05) is 34.1 Å². The number of hydrogen-bond acceptors (Lipinski definition) is 1. The lowest BCUT2D eigenvalue weighted by Gasteiger charge is -2.08. The second kappa shape index (κ2) is 3.05. The highest BCUT2D eigenvalue weighted by Crippen LogP contribution is 2.57. The van der Waals surface area contributed by atoms with Gasteiger partial charge in [0.1, 0.15) is 0 Å². The normalized spacial score (nSPS) is 30.0. The number of aliphatic carboxylic acids is 1. The van der Waals surface area contributed by atoms with Crippen LogP contribution in [0.25, 0.3) is 0 Å². The van der Waals surface area contributed by atoms with E-state index >= 15 is 0 Å². The van der Waals surface area contributed by atoms with Crippen LogP contribution in [0.5, 0.6) is 0 Å². The summed E-state index contributed by atoms with van der Waals surface area (Å²) in [6.45, 7) is 0. The molecule has 74 valence electrons. The van der Waals surface area contributed by atoms with Crippen LogP contribution in [-0.2, 0) is 10.5 Å². The van der Waals surface area contributed by atoms with Gasteiger partial charge in [0.25, 0.3) is 0 Å². The molecule has 4 heteroatoms. The van der Waals surface area contributed by atoms with Gasteiger partial charge in [-0.05, 0) is 6.07 Å². The molecule has 0 bridgehead atoms. The molecule has 1 saturated carbocycles. The maximum atomic E-state index is 14.0. The van der Waals surface area contributed by atoms with Crippen molar-refractivity contribution in [3.05, 3.63) is 34.3 Å². The van der Waals surface area contributed by atoms with Gasteiger partial charge in [-0.2, -0.15) is 0 Å². The van der Waals surface area contributed by atoms with Crippen LogP contribution >= 0.6 is 15.9 Å². The molecule has 0 heterocycles. The van der Waals surface area contributed by atoms with Gasteiger partial charge in [0.2, 0.25) is 0 Å². The second-order valence-electron chi connectivity index (χ2n) is 3.44. The number of alkyl halides is 1. The molecule has 0 saturated heterocycles. The van der Waals surface area contributed by atoms with Gasteiger partial charge in [-0.3, -0.25) is 4.79 Å². The van der Waals surface area contributed by atoms with E-state index in [1.54, 1.807) is 24.3 Å². The van der Waals surface area contributed by atoms with Crippen molar-refractivity contribution in [2.24, 2.45) is 5.92 Å². The van der Waals surface area contributed by atoms with Gasteiger partial charge in [0.15, 0.2) is 5.67 Å². The van der Waals surface area contributed by atoms with Crippen molar-refractivity contribution in [1.29, 1.82) is 0 Å². The minimum Gasteiger partial charge on any atom is -0.481 e. The van der Waals surface area contributed by atoms with Gasteiger partial charge in [0, 0.05) is 16.5 Å². The Bertz CT molecular complexity index is 393. The Morgan fingerprint density at radius 1 is 1.57 bits per heavy atom. The van der Waals surface area contributed by atoms with E-state index in [1.807, 2.05) is 0 Å². The molecular weight excluding hydrogens is 251 g/mol. The summed E-state index contributed by atoms with van der Waals surface area (Å²) in [4.78, 5) is 10.6. The van der Waals surface area contributed by atoms with Gasteiger partial charge >= 0.3 is 5.97 Å². The predicted octanol–water partition coefficient (Wildman–Crippen LogP) is 2.72. The first-order valence-corrected chi connectivity index (χ1v) is 5.02. The molecule has 14 heavy (non-hydrogen) atoms. The lowest BCUT2D eigenvalue weighted by atomic mass is 10.1. The average Bonchev–Trinajstić information content (AvgIpc) is 2.80. The Morgan fingerprint density at radius 2 is 2.21 bits per heavy atom. The van der Waals surface area contributed by atoms with E-state index in [-0.39, 0.29) is 6.42 Å². The highest BCUT2D eigenvalue weighted by atomic mass is 79.9. The fraction of sp³-hybridized carbons (Fsp3) is 0.300. The summed E-state index contributed by atoms with van der Waals surface area (Å²) in [7, 11) is 0. The highest BCUT2D eigenvalue weighted by molar-refractivity contribution is 9.10. The third-order valence-electron chi connectivity index (χ3n) is 2.51. The van der Waals surface area contributed by atoms with Crippen LogP contribution < -0.4 is 0 Å². The topological polar surface area (TPSA) is 37.3 Å². The van der Waals surface area contributed by atoms with E-state index in [4.69, 9.17) is 5.11 Å². The maximum absolute atomic E-state index is 14.0. The van der Waals surface area contributed by atoms with Crippen LogP contribution in [0.4, 0.5) is 4.39 Å². The first-order chi connectivity index (χ1) is 6.55. The molecule has 0 spiro atoms. The fourth-order valence-electron chi connectivity index (χ4n) is 1.62. The molecule has 2 rings (SSSR count). The SMILES string of the molecule is O=C(O)[C@H]1C[C@]1(F)c1ccccc1Br. The molecule has 0 amide bonds. The molecular formula is C10H8BrFO2. The van der Waals surface area contributed by atoms with Gasteiger partial charge in [0.05, 0.1) is 5.92 Å². The Hall–Kier alpha value is -0.900. The van der Waals surface area contributed by atoms with Crippen LogP contribution in [-0.4, -0.2) is 11.1 Å². The molecule has 1 aromatic rings. The molecule has 0 radical (unpaired) electrons. The minimum absolute atomic E-state index is 0.0744. The minimum atomic E-state index is -1.67. The summed E-state index contributed by atoms with van der Waals surface area (Å²) in [5.74, 6) is -1.95. The highest BCUT2D eigenvalue weighted by Gasteiger charge is 2.61. The van der Waals surface area contributed by atoms with Gasteiger partial charge in [-0.15, -0.1) is 0 Å². The Labute approximate surface area is 88.9 Å². The van der Waals surface area contributed by atoms with Crippen molar-refractivity contribution in [2.45, 2.75) is 12.1 Å². The van der Waals surface area contributed by atoms with E-state index in [2.05, 4.69) is 15.9 Å². The zero-order valence-electron chi connectivity index (χ0n) is 7.21. The average molecular weight is 259 g/mol. The summed E-state index contributed by atoms with van der Waals surface area (Å²) < 4.78 is 14.6. The predicted molar refractivity (Wildman–Crippen MR) is 52.7 cm³/mol. The Kier molecular flexibility index (Phi) is 2.10. The van der Waals surface area contributed by atoms with Crippen LogP contribution in [0.2, 0.25) is 0 Å². The Morgan fingerprint density at radius 3 is 2.71 bits per heavy atom. The number of carboxylic acids is 1. The van der Waals surface area contributed by atoms with E-state index < -0.39 is 17.6 Å². The Balaban J connectivity index is 2.34. The standard InChI is InChI=1S/C10H8BrFO2/c11-8-4-2-1-3-6(8)10(12)5-7(10)9(13)14/h1-4,7H,5H2,(H,13,14)/t7-,10+/m1/s1. The second-order valence-corrected chi connectivity index (χ2v) is 4.29. The van der Waals surface area contributed by atoms with Crippen molar-refractivity contribution in [3.8, 4) is 0 Å². The molecule has 1 N–H and O–H groups in total. The zero-order valence-corrected chi connectivity index (χ0v) is 8.79. The molecule has 1 aliphatic carbocycles. The molecule has 1 aliphatic rings. The number of hydrogen-bond donors (Lipinski definition) is 1. The molecule has 0 aliphatic heterocycles. The number of halogens is 2. The van der Waals surface area contributed by atoms with Crippen LogP contribution in [0.1, 0.15) is 12.0 Å². The largest absolute Gasteiger partial charge is 0.481 e. The van der Waals surface area contributed by atoms with E-state index in [0.29, 0.717) is 10.0 Å². The number of carbonyl (C=O) groups is 1. The molecule has 2 nitrogen and oxygen atoms in total. The third kappa shape index (κ3) is 1.34. The molecule has 2 atom stereocenters. The molecule has 0 unspecified atom stereocenters. The van der Waals surface area contributed by atoms with Crippen molar-refractivity contribution in [2.75, 3.05) is 0 Å². The summed E-state index contributed by atoms with van der Waals surface area (Å²) in [6.07, 6.45) is 0.0744. The van der Waals surface area contributed by atoms with Gasteiger partial charge in [-0.25, -0.2) is 4.39 Å². The summed E-state index contributed by atoms with van der Waals surface area (Å²) in [5.41, 5.74) is -1.24. The monoisotopic (exact) mass is 258 g/mol. The molecule has 1 aromatic carbocycles. The maximum Gasteiger partial charge on any atom is 0.310 e. The number of rotatable bonds is 2. The number of carboxylic acid groups (broad SMARTS) is 1. The van der Waals surface area contributed by atoms with Crippen molar-refractivity contribution in [3.63, 3.8) is 0 Å². The summed E-state index contributed by atoms with van der Waals surface area (Å²) >= 11 is 3.22. The van der Waals surface area contributed by atoms with Crippen LogP contribution in [0.15, 0.2) is 28.7 Å². The molecule has 1 fully saturated rings. The first-order valence-electron chi connectivity index (χ1n) is 4.22. The lowest BCUT2D eigenvalue weighted by molar-refractivity contribution is -0.139. The quantitative estimate of drug-likeness (QED) is 0.886. The molecule has 0 aromatic heterocycles. The lowest BCUT2D eigenvalue weighted by Crippen LogP contribution is -2.10. The zero-order chi connectivity index (χ0) is 10.3.